The molecule has 2 aliphatic rings. The average Bonchev–Trinajstić information content (AvgIpc) is 3.00. The Morgan fingerprint density at radius 1 is 1.44 bits per heavy atom. The fourth-order valence-corrected chi connectivity index (χ4v) is 6.69. The average molecular weight is 503 g/mol. The lowest BCUT2D eigenvalue weighted by atomic mass is 9.80. The Balaban J connectivity index is 1.87. The summed E-state index contributed by atoms with van der Waals surface area (Å²) in [5.41, 5.74) is 1.41. The monoisotopic (exact) mass is 502 g/mol. The summed E-state index contributed by atoms with van der Waals surface area (Å²) in [5.74, 6) is -1.47. The number of fused-ring (bicyclic) bond motifs is 1. The first-order chi connectivity index (χ1) is 15.9. The number of nitrogens with zero attached hydrogens (tertiary/aromatic N) is 2. The molecule has 0 aromatic carbocycles. The highest BCUT2D eigenvalue weighted by Crippen LogP contribution is 2.57. The van der Waals surface area contributed by atoms with E-state index >= 15 is 0 Å². The van der Waals surface area contributed by atoms with Gasteiger partial charge in [0.05, 0.1) is 6.61 Å². The molecule has 2 saturated heterocycles. The number of nitrogens with one attached hydrogen (secondary N) is 1. The Morgan fingerprint density at radius 3 is 2.74 bits per heavy atom. The number of hydrogen-bond donors (Lipinski definition) is 4. The molecule has 2 unspecified atom stereocenters. The molecule has 3 heterocycles. The van der Waals surface area contributed by atoms with E-state index in [1.165, 1.54) is 26.1 Å². The summed E-state index contributed by atoms with van der Waals surface area (Å²) >= 11 is 0. The number of carboxylic acid groups (broad SMARTS) is 1. The molecule has 0 amide bonds. The molecule has 3 rings (SSSR count). The molecule has 12 nitrogen and oxygen atoms in total. The van der Waals surface area contributed by atoms with Gasteiger partial charge < -0.3 is 20.7 Å². The molecule has 0 aliphatic carbocycles. The van der Waals surface area contributed by atoms with E-state index in [-0.39, 0.29) is 18.3 Å². The van der Waals surface area contributed by atoms with Crippen LogP contribution < -0.4 is 16.5 Å². The first kappa shape index (κ1) is 26.8. The van der Waals surface area contributed by atoms with Gasteiger partial charge in [0.25, 0.3) is 0 Å². The van der Waals surface area contributed by atoms with Gasteiger partial charge >= 0.3 is 19.4 Å². The van der Waals surface area contributed by atoms with Gasteiger partial charge in [-0.3, -0.25) is 18.4 Å². The highest BCUT2D eigenvalue weighted by molar-refractivity contribution is 7.51. The number of rotatable bonds is 10. The van der Waals surface area contributed by atoms with Gasteiger partial charge in [0.2, 0.25) is 0 Å². The lowest BCUT2D eigenvalue weighted by molar-refractivity contribution is -0.146. The largest absolute Gasteiger partial charge is 0.480 e. The van der Waals surface area contributed by atoms with Crippen LogP contribution in [-0.4, -0.2) is 55.7 Å². The molecule has 2 aliphatic heterocycles. The molecular formula is C21H35N4O8P. The van der Waals surface area contributed by atoms with Gasteiger partial charge in [0.1, 0.15) is 29.2 Å². The summed E-state index contributed by atoms with van der Waals surface area (Å²) in [5, 5.41) is 24.0. The third-order valence-corrected chi connectivity index (χ3v) is 8.39. The van der Waals surface area contributed by atoms with Crippen molar-refractivity contribution in [3.8, 4) is 0 Å². The van der Waals surface area contributed by atoms with Gasteiger partial charge in [-0.2, -0.15) is 4.98 Å². The maximum atomic E-state index is 13.6. The van der Waals surface area contributed by atoms with E-state index in [0.29, 0.717) is 12.8 Å². The minimum absolute atomic E-state index is 0.0160. The summed E-state index contributed by atoms with van der Waals surface area (Å²) in [6.07, 6.45) is 1.82. The van der Waals surface area contributed by atoms with Crippen molar-refractivity contribution in [3.63, 3.8) is 0 Å². The van der Waals surface area contributed by atoms with Crippen LogP contribution in [0, 0.1) is 5.92 Å². The van der Waals surface area contributed by atoms with Crippen LogP contribution >= 0.6 is 7.75 Å². The molecule has 192 valence electrons. The molecule has 2 fully saturated rings. The van der Waals surface area contributed by atoms with Crippen LogP contribution in [0.4, 0.5) is 5.82 Å². The molecule has 1 aromatic rings. The summed E-state index contributed by atoms with van der Waals surface area (Å²) in [6, 6.07) is 1.38. The number of unbranched alkanes of at least 4 members (excludes halogenated alkanes) is 1. The molecule has 0 bridgehead atoms. The maximum absolute atomic E-state index is 13.6. The number of aliphatic hydroxyl groups is 1. The fourth-order valence-electron chi connectivity index (χ4n) is 4.67. The lowest BCUT2D eigenvalue weighted by Crippen LogP contribution is -2.56. The summed E-state index contributed by atoms with van der Waals surface area (Å²) in [4.78, 5) is 28.3. The topological polar surface area (TPSA) is 175 Å². The van der Waals surface area contributed by atoms with Crippen LogP contribution in [0.2, 0.25) is 0 Å². The zero-order chi connectivity index (χ0) is 25.3. The van der Waals surface area contributed by atoms with E-state index in [4.69, 9.17) is 19.5 Å². The van der Waals surface area contributed by atoms with Crippen molar-refractivity contribution >= 4 is 19.5 Å². The second-order valence-electron chi connectivity index (χ2n) is 9.36. The number of anilines is 1. The van der Waals surface area contributed by atoms with Crippen LogP contribution in [0.1, 0.15) is 66.0 Å². The Morgan fingerprint density at radius 2 is 2.15 bits per heavy atom. The maximum Gasteiger partial charge on any atom is 0.407 e. The summed E-state index contributed by atoms with van der Waals surface area (Å²) < 4.78 is 31.7. The van der Waals surface area contributed by atoms with Crippen LogP contribution in [0.3, 0.4) is 0 Å². The zero-order valence-electron chi connectivity index (χ0n) is 20.0. The Kier molecular flexibility index (Phi) is 7.91. The third kappa shape index (κ3) is 5.07. The standard InChI is InChI=1S/C21H35N4O8P/c1-5-7-9-13(8-6-2)20(3,18(26)27)24-34(30)31-12-14-16(33-34)21(4,29)17(32-14)25-11-10-15(22)23-19(25)28/h10-11,13-14,16-17,29H,5-9,12H2,1-4H3,(H,24,30)(H,26,27)(H2,22,23,28)/t13?,14-,16-,17-,20-,21-,34?/m1/s1. The molecule has 0 saturated carbocycles. The number of nitrogens with two attached hydrogens (primary N) is 1. The van der Waals surface area contributed by atoms with Crippen LogP contribution in [0.5, 0.6) is 0 Å². The SMILES string of the molecule is CCCCC(CCC)[C@@](C)(NP1(=O)OC[C@H]2O[C@@H](n3ccc(N)nc3=O)[C@](C)(O)[C@@H]2O1)C(=O)O. The zero-order valence-corrected chi connectivity index (χ0v) is 20.9. The van der Waals surface area contributed by atoms with Crippen LogP contribution in [0.15, 0.2) is 17.1 Å². The minimum Gasteiger partial charge on any atom is -0.480 e. The van der Waals surface area contributed by atoms with Crippen molar-refractivity contribution < 1.29 is 33.4 Å². The van der Waals surface area contributed by atoms with Crippen molar-refractivity contribution in [1.82, 2.24) is 14.6 Å². The number of nitrogen functional groups attached to an aromatic ring is 1. The molecule has 34 heavy (non-hydrogen) atoms. The second-order valence-corrected chi connectivity index (χ2v) is 11.0. The molecular weight excluding hydrogens is 467 g/mol. The smallest absolute Gasteiger partial charge is 0.407 e. The number of carboxylic acids is 1. The van der Waals surface area contributed by atoms with E-state index in [9.17, 15) is 24.4 Å². The van der Waals surface area contributed by atoms with Gasteiger partial charge in [0.15, 0.2) is 6.23 Å². The molecule has 5 N–H and O–H groups in total. The van der Waals surface area contributed by atoms with E-state index in [2.05, 4.69) is 10.1 Å². The number of carbonyl (C=O) groups is 1. The van der Waals surface area contributed by atoms with Gasteiger partial charge in [0, 0.05) is 6.20 Å². The van der Waals surface area contributed by atoms with Crippen molar-refractivity contribution in [2.75, 3.05) is 12.3 Å². The third-order valence-electron chi connectivity index (χ3n) is 6.66. The molecule has 0 radical (unpaired) electrons. The highest BCUT2D eigenvalue weighted by Gasteiger charge is 2.61. The fraction of sp³-hybridized carbons (Fsp3) is 0.762. The first-order valence-corrected chi connectivity index (χ1v) is 13.1. The van der Waals surface area contributed by atoms with Gasteiger partial charge in [-0.05, 0) is 38.7 Å². The lowest BCUT2D eigenvalue weighted by Gasteiger charge is -2.41. The van der Waals surface area contributed by atoms with Crippen LogP contribution in [0.25, 0.3) is 0 Å². The molecule has 0 spiro atoms. The van der Waals surface area contributed by atoms with Gasteiger partial charge in [-0.1, -0.05) is 33.1 Å². The number of ether oxygens (including phenoxy) is 1. The van der Waals surface area contributed by atoms with E-state index in [1.54, 1.807) is 0 Å². The molecule has 1 aromatic heterocycles. The highest BCUT2D eigenvalue weighted by atomic mass is 31.2. The number of aliphatic carboxylic acids is 1. The van der Waals surface area contributed by atoms with E-state index < -0.39 is 49.0 Å². The van der Waals surface area contributed by atoms with Crippen molar-refractivity contribution in [2.24, 2.45) is 5.92 Å². The van der Waals surface area contributed by atoms with Crippen molar-refractivity contribution in [3.05, 3.63) is 22.7 Å². The van der Waals surface area contributed by atoms with E-state index in [1.807, 2.05) is 13.8 Å². The predicted molar refractivity (Wildman–Crippen MR) is 123 cm³/mol. The molecule has 13 heteroatoms. The number of aromatic nitrogens is 2. The van der Waals surface area contributed by atoms with Crippen molar-refractivity contribution in [1.29, 1.82) is 0 Å². The summed E-state index contributed by atoms with van der Waals surface area (Å²) in [7, 11) is -4.18. The predicted octanol–water partition coefficient (Wildman–Crippen LogP) is 2.04. The second kappa shape index (κ2) is 10.0. The normalized spacial score (nSPS) is 33.7. The van der Waals surface area contributed by atoms with Crippen molar-refractivity contribution in [2.45, 2.75) is 89.4 Å². The number of hydrogen-bond acceptors (Lipinski definition) is 9. The molecule has 7 atom stereocenters. The van der Waals surface area contributed by atoms with Gasteiger partial charge in [-0.15, -0.1) is 0 Å². The Bertz CT molecular complexity index is 1000. The quantitative estimate of drug-likeness (QED) is 0.344. The summed E-state index contributed by atoms with van der Waals surface area (Å²) in [6.45, 7) is 6.61. The van der Waals surface area contributed by atoms with Gasteiger partial charge in [-0.25, -0.2) is 14.4 Å². The Hall–Kier alpha value is -1.82. The minimum atomic E-state index is -4.18. The Labute approximate surface area is 198 Å². The first-order valence-electron chi connectivity index (χ1n) is 11.6. The van der Waals surface area contributed by atoms with E-state index in [0.717, 1.165) is 23.8 Å². The van der Waals surface area contributed by atoms with Crippen LogP contribution in [-0.2, 0) is 23.1 Å².